The smallest absolute Gasteiger partial charge is 0.426 e. The van der Waals surface area contributed by atoms with E-state index in [1.165, 1.54) is 14.2 Å². The molecule has 19 N–H and O–H groups in total. The minimum atomic E-state index is -2.70. The number of aromatic amines is 1. The van der Waals surface area contributed by atoms with Crippen LogP contribution in [-0.2, 0) is 74.7 Å². The number of hydrogen-bond donors (Lipinski definition) is 17. The van der Waals surface area contributed by atoms with Crippen molar-refractivity contribution in [3.05, 3.63) is 70.9 Å². The number of rotatable bonds is 28. The van der Waals surface area contributed by atoms with Crippen molar-refractivity contribution >= 4 is 104 Å². The molecule has 1 saturated heterocycles. The lowest BCUT2D eigenvalue weighted by atomic mass is 9.47. The van der Waals surface area contributed by atoms with Crippen LogP contribution in [-0.4, -0.2) is 243 Å². The number of likely N-dealkylation sites (N-methyl/N-ethyl adjacent to an activating group) is 1. The number of nitrogens with one attached hydrogen (secondary N) is 8. The third kappa shape index (κ3) is 14.7. The van der Waals surface area contributed by atoms with Crippen LogP contribution in [0.4, 0.5) is 10.5 Å². The number of carbonyl (C=O) groups excluding carboxylic acids is 7. The number of aromatic nitrogens is 1. The van der Waals surface area contributed by atoms with E-state index >= 15 is 9.59 Å². The minimum absolute atomic E-state index is 0.00135. The number of aliphatic carboxylic acids is 4. The highest BCUT2D eigenvalue weighted by molar-refractivity contribution is 8.76. The van der Waals surface area contributed by atoms with E-state index in [4.69, 9.17) is 30.8 Å². The third-order valence-electron chi connectivity index (χ3n) is 19.7. The Kier molecular flexibility index (Phi) is 24.1. The van der Waals surface area contributed by atoms with E-state index in [0.29, 0.717) is 86.5 Å². The van der Waals surface area contributed by atoms with Crippen LogP contribution in [0.1, 0.15) is 94.0 Å². The summed E-state index contributed by atoms with van der Waals surface area (Å²) < 4.78 is 17.5. The van der Waals surface area contributed by atoms with Crippen LogP contribution in [0.25, 0.3) is 10.9 Å². The van der Waals surface area contributed by atoms with Gasteiger partial charge in [-0.05, 0) is 81.3 Å². The predicted octanol–water partition coefficient (Wildman–Crippen LogP) is -1.83. The van der Waals surface area contributed by atoms with Gasteiger partial charge in [-0.15, -0.1) is 0 Å². The number of para-hydroxylation sites is 1. The van der Waals surface area contributed by atoms with Gasteiger partial charge in [-0.25, -0.2) is 15.0 Å². The SMILES string of the molecule is CC[C@]1(O)CCC[C@](C(=O)OC)(c2cc3c(cc2OC)N(C)[C@H]2[C@@](O)(C(=O)NNC(=O)OCCSSC[C@H](NC(=O)[C@H](CN)NC(=O)[C@@H](CC(=O)O)NC(=O)[C@@H](CC(=O)O)NC(=O)[C@H](N)CC(=O)O)C(=O)O)[C@H](O)[C@]4(CC)C=CCN5CC[C@]32[C@@H]54)c2[nH]c3ccccc3c2CCNC1. The first-order valence-electron chi connectivity index (χ1n) is 31.9. The molecule has 1 saturated carbocycles. The molecule has 5 heterocycles. The zero-order valence-electron chi connectivity index (χ0n) is 54.7. The van der Waals surface area contributed by atoms with E-state index in [1.807, 2.05) is 67.0 Å². The van der Waals surface area contributed by atoms with Gasteiger partial charge < -0.3 is 97.9 Å². The second kappa shape index (κ2) is 31.3. The molecule has 1 aromatic heterocycles. The Morgan fingerprint density at radius 3 is 2.04 bits per heavy atom. The number of methoxy groups -OCH3 is 2. The number of carboxylic acid groups (broad SMARTS) is 4. The first-order valence-corrected chi connectivity index (χ1v) is 34.4. The number of esters is 1. The summed E-state index contributed by atoms with van der Waals surface area (Å²) in [5, 5.41) is 88.7. The number of hydrogen-bond acceptors (Lipinski definition) is 24. The number of aliphatic hydroxyl groups is 3. The fourth-order valence-corrected chi connectivity index (χ4v) is 17.0. The van der Waals surface area contributed by atoms with Crippen LogP contribution in [0.5, 0.6) is 5.75 Å². The Bertz CT molecular complexity index is 3600. The number of ether oxygens (including phenoxy) is 3. The molecule has 0 bridgehead atoms. The van der Waals surface area contributed by atoms with Gasteiger partial charge in [0.2, 0.25) is 23.6 Å². The van der Waals surface area contributed by atoms with Gasteiger partial charge in [0.05, 0.1) is 51.2 Å². The number of H-pyrrole nitrogens is 1. The normalized spacial score (nSPS) is 26.3. The number of aliphatic hydroxyl groups excluding tert-OH is 1. The van der Waals surface area contributed by atoms with E-state index < -0.39 is 167 Å². The Balaban J connectivity index is 0.955. The highest BCUT2D eigenvalue weighted by atomic mass is 33.1. The lowest BCUT2D eigenvalue weighted by Crippen LogP contribution is -2.82. The summed E-state index contributed by atoms with van der Waals surface area (Å²) in [6.45, 7) is 4.54. The molecule has 536 valence electrons. The number of hydrazine groups is 1. The summed E-state index contributed by atoms with van der Waals surface area (Å²) in [6, 6.07) is 0.600. The number of carboxylic acids is 4. The number of anilines is 1. The van der Waals surface area contributed by atoms with Crippen LogP contribution < -0.4 is 58.5 Å². The second-order valence-electron chi connectivity index (χ2n) is 25.2. The maximum absolute atomic E-state index is 15.4. The van der Waals surface area contributed by atoms with Gasteiger partial charge in [-0.3, -0.25) is 53.5 Å². The van der Waals surface area contributed by atoms with E-state index in [2.05, 4.69) is 36.7 Å². The number of fused-ring (bicyclic) bond motifs is 4. The molecule has 2 aromatic carbocycles. The van der Waals surface area contributed by atoms with Crippen LogP contribution in [0, 0.1) is 5.41 Å². The molecule has 0 unspecified atom stereocenters. The number of nitrogens with two attached hydrogens (primary N) is 2. The third-order valence-corrected chi connectivity index (χ3v) is 22.0. The highest BCUT2D eigenvalue weighted by Crippen LogP contribution is 2.67. The molecule has 98 heavy (non-hydrogen) atoms. The van der Waals surface area contributed by atoms with Gasteiger partial charge in [-0.1, -0.05) is 65.8 Å². The van der Waals surface area contributed by atoms with Crippen molar-refractivity contribution in [3.8, 4) is 5.75 Å². The quantitative estimate of drug-likeness (QED) is 0.0125. The largest absolute Gasteiger partial charge is 0.496 e. The van der Waals surface area contributed by atoms with Crippen molar-refractivity contribution in [3.63, 3.8) is 0 Å². The molecular weight excluding hydrogens is 1320 g/mol. The van der Waals surface area contributed by atoms with Crippen molar-refractivity contribution in [1.29, 1.82) is 0 Å². The van der Waals surface area contributed by atoms with Gasteiger partial charge in [-0.2, -0.15) is 0 Å². The Hall–Kier alpha value is -8.29. The molecule has 1 spiro atoms. The van der Waals surface area contributed by atoms with Crippen molar-refractivity contribution in [2.75, 3.05) is 77.0 Å². The minimum Gasteiger partial charge on any atom is -0.496 e. The summed E-state index contributed by atoms with van der Waals surface area (Å²) in [7, 11) is 6.44. The topological polar surface area (TPSA) is 516 Å². The van der Waals surface area contributed by atoms with Crippen LogP contribution in [0.15, 0.2) is 48.6 Å². The van der Waals surface area contributed by atoms with Crippen LogP contribution >= 0.6 is 21.6 Å². The molecule has 1 aliphatic carbocycles. The maximum atomic E-state index is 15.4. The summed E-state index contributed by atoms with van der Waals surface area (Å²) in [5.74, 6) is -13.3. The van der Waals surface area contributed by atoms with E-state index in [1.54, 1.807) is 18.0 Å². The zero-order valence-corrected chi connectivity index (χ0v) is 56.3. The fourth-order valence-electron chi connectivity index (χ4n) is 15.1. The Labute approximate surface area is 570 Å². The molecule has 5 aliphatic rings. The van der Waals surface area contributed by atoms with E-state index in [9.17, 15) is 73.8 Å². The first kappa shape index (κ1) is 75.5. The molecule has 8 rings (SSSR count). The molecular formula is C63H86N12O21S2. The average Bonchev–Trinajstić information content (AvgIpc) is 1.43. The second-order valence-corrected chi connectivity index (χ2v) is 27.8. The number of amides is 6. The van der Waals surface area contributed by atoms with Gasteiger partial charge in [0, 0.05) is 89.0 Å². The first-order chi connectivity index (χ1) is 46.5. The highest BCUT2D eigenvalue weighted by Gasteiger charge is 2.79. The maximum Gasteiger partial charge on any atom is 0.426 e. The molecule has 0 radical (unpaired) electrons. The molecule has 2 fully saturated rings. The molecule has 13 atom stereocenters. The lowest BCUT2D eigenvalue weighted by molar-refractivity contribution is -0.204. The van der Waals surface area contributed by atoms with Crippen LogP contribution in [0.2, 0.25) is 0 Å². The number of nitrogens with zero attached hydrogens (tertiary/aromatic N) is 2. The molecule has 6 amide bonds. The summed E-state index contributed by atoms with van der Waals surface area (Å²) in [6.07, 6.45) is 0.0145. The molecule has 35 heteroatoms. The average molecular weight is 1410 g/mol. The van der Waals surface area contributed by atoms with Crippen molar-refractivity contribution in [2.24, 2.45) is 16.9 Å². The zero-order chi connectivity index (χ0) is 71.8. The van der Waals surface area contributed by atoms with Gasteiger partial charge in [0.1, 0.15) is 48.0 Å². The summed E-state index contributed by atoms with van der Waals surface area (Å²) in [4.78, 5) is 150. The molecule has 33 nitrogen and oxygen atoms in total. The van der Waals surface area contributed by atoms with E-state index in [-0.39, 0.29) is 31.0 Å². The fraction of sp³-hybridized carbons (Fsp3) is 0.571. The van der Waals surface area contributed by atoms with Gasteiger partial charge in [0.15, 0.2) is 5.60 Å². The van der Waals surface area contributed by atoms with Crippen molar-refractivity contribution in [1.82, 2.24) is 47.3 Å². The van der Waals surface area contributed by atoms with Gasteiger partial charge in [0.25, 0.3) is 5.91 Å². The Morgan fingerprint density at radius 2 is 1.42 bits per heavy atom. The van der Waals surface area contributed by atoms with Crippen LogP contribution in [0.3, 0.4) is 0 Å². The number of carbonyl (C=O) groups is 11. The number of benzene rings is 2. The lowest BCUT2D eigenvalue weighted by Gasteiger charge is -2.63. The van der Waals surface area contributed by atoms with Crippen molar-refractivity contribution < 1.29 is 103 Å². The summed E-state index contributed by atoms with van der Waals surface area (Å²) in [5.41, 5.74) is 11.9. The van der Waals surface area contributed by atoms with Gasteiger partial charge >= 0.3 is 35.9 Å². The summed E-state index contributed by atoms with van der Waals surface area (Å²) >= 11 is 0. The van der Waals surface area contributed by atoms with E-state index in [0.717, 1.165) is 38.1 Å². The van der Waals surface area contributed by atoms with Crippen molar-refractivity contribution in [2.45, 2.75) is 148 Å². The standard InChI is InChI=1S/C63H86N12O21S2/c1-6-59(92)15-10-17-61(57(90)95-5,47-33(14-19-66-31-59)32-12-8-9-13-37(32)67-47)35-24-34-42(28-43(35)94-4)74(3)54-62(34)18-21-75-20-11-16-60(7-2,53(62)75)55(88)63(54,93)56(89)72-73-58(91)96-22-23-97-98-30-41(52(86)87)71-51(85)40(29-64)70-50(84)39(27-46(80)81)69-49(83)38(26-45(78)79)68-48(82)36(65)25-44(76)77/h8-9,11-13,16,24,28,36,38-41,53-55,66-67,88,92-93H,6-7,10,14-15,17-23,25-27,29-31,64-65H2,1-5H3,(H,68,82)(H,69,83)(H,70,84)(H,71,85)(H,72,89)(H,73,91)(H,76,77)(H,78,79)(H,80,81)(H,86,87)/t36-,38-,39-,40+,41+,53+,54-,55-,59+,60-,61+,62-,63+/m1/s1. The Morgan fingerprint density at radius 1 is 0.776 bits per heavy atom. The molecule has 4 aliphatic heterocycles. The monoisotopic (exact) mass is 1410 g/mol. The predicted molar refractivity (Wildman–Crippen MR) is 353 cm³/mol. The number of β-amino-alcohol motifs (C(OH)–C–C–N with tert-alkyl or cyclic N) is 1. The molecule has 3 aromatic rings.